The van der Waals surface area contributed by atoms with Gasteiger partial charge >= 0.3 is 29.6 Å². The van der Waals surface area contributed by atoms with E-state index in [4.69, 9.17) is 14.2 Å². The second-order valence-corrected chi connectivity index (χ2v) is 10.6. The SMILES string of the molecule is COc1ccc(-c2cc(C(=O)NCCCCCCCCc3ccccc3)cc(-c3ccc(OC)cc3)c2OCC(=O)[O-])cc1.[Na+]. The van der Waals surface area contributed by atoms with Gasteiger partial charge in [-0.2, -0.15) is 0 Å². The maximum atomic E-state index is 13.4. The van der Waals surface area contributed by atoms with E-state index in [1.165, 1.54) is 24.8 Å². The van der Waals surface area contributed by atoms with Crippen molar-refractivity contribution in [2.45, 2.75) is 44.9 Å². The molecule has 0 spiro atoms. The van der Waals surface area contributed by atoms with E-state index >= 15 is 0 Å². The summed E-state index contributed by atoms with van der Waals surface area (Å²) in [4.78, 5) is 24.8. The fourth-order valence-corrected chi connectivity index (χ4v) is 5.13. The minimum absolute atomic E-state index is 0. The van der Waals surface area contributed by atoms with Gasteiger partial charge in [0.2, 0.25) is 0 Å². The Hall–Kier alpha value is -3.78. The van der Waals surface area contributed by atoms with Crippen LogP contribution in [0.25, 0.3) is 22.3 Å². The number of benzene rings is 4. The number of rotatable bonds is 17. The van der Waals surface area contributed by atoms with Crippen molar-refractivity contribution < 1.29 is 58.5 Å². The fourth-order valence-electron chi connectivity index (χ4n) is 5.13. The zero-order chi connectivity index (χ0) is 31.1. The topological polar surface area (TPSA) is 96.9 Å². The van der Waals surface area contributed by atoms with Gasteiger partial charge in [-0.25, -0.2) is 0 Å². The zero-order valence-electron chi connectivity index (χ0n) is 26.5. The molecule has 230 valence electrons. The number of aliphatic carboxylic acids is 1. The molecule has 4 aromatic carbocycles. The predicted octanol–water partition coefficient (Wildman–Crippen LogP) is 3.48. The monoisotopic (exact) mass is 617 g/mol. The molecule has 0 aliphatic rings. The Kier molecular flexibility index (Phi) is 15.0. The van der Waals surface area contributed by atoms with Crippen LogP contribution in [0.5, 0.6) is 17.2 Å². The van der Waals surface area contributed by atoms with Crippen LogP contribution in [0.1, 0.15) is 54.4 Å². The summed E-state index contributed by atoms with van der Waals surface area (Å²) in [6.07, 6.45) is 7.78. The molecule has 0 saturated carbocycles. The van der Waals surface area contributed by atoms with Gasteiger partial charge in [-0.1, -0.05) is 80.3 Å². The maximum Gasteiger partial charge on any atom is 1.00 e. The largest absolute Gasteiger partial charge is 1.00 e. The minimum Gasteiger partial charge on any atom is -0.546 e. The number of hydrogen-bond acceptors (Lipinski definition) is 6. The number of hydrogen-bond donors (Lipinski definition) is 1. The van der Waals surface area contributed by atoms with Crippen LogP contribution < -0.4 is 54.2 Å². The molecule has 1 amide bonds. The molecule has 1 N–H and O–H groups in total. The molecule has 0 unspecified atom stereocenters. The van der Waals surface area contributed by atoms with Crippen molar-refractivity contribution in [2.24, 2.45) is 0 Å². The van der Waals surface area contributed by atoms with Crippen molar-refractivity contribution in [3.8, 4) is 39.5 Å². The minimum atomic E-state index is -1.34. The molecule has 0 atom stereocenters. The Balaban J connectivity index is 0.00000552. The van der Waals surface area contributed by atoms with Crippen LogP contribution in [0.3, 0.4) is 0 Å². The van der Waals surface area contributed by atoms with Crippen LogP contribution >= 0.6 is 0 Å². The predicted molar refractivity (Wildman–Crippen MR) is 171 cm³/mol. The van der Waals surface area contributed by atoms with Crippen molar-refractivity contribution in [1.29, 1.82) is 0 Å². The van der Waals surface area contributed by atoms with E-state index in [1.807, 2.05) is 30.3 Å². The van der Waals surface area contributed by atoms with E-state index < -0.39 is 12.6 Å². The van der Waals surface area contributed by atoms with Gasteiger partial charge in [0.1, 0.15) is 23.9 Å². The van der Waals surface area contributed by atoms with Gasteiger partial charge in [0, 0.05) is 23.2 Å². The molecule has 0 saturated heterocycles. The first-order valence-corrected chi connectivity index (χ1v) is 15.1. The van der Waals surface area contributed by atoms with Gasteiger partial charge in [0.15, 0.2) is 0 Å². The molecule has 0 aliphatic carbocycles. The van der Waals surface area contributed by atoms with Gasteiger partial charge in [0.05, 0.1) is 20.2 Å². The first kappa shape index (κ1) is 35.7. The summed E-state index contributed by atoms with van der Waals surface area (Å²) >= 11 is 0. The van der Waals surface area contributed by atoms with E-state index in [0.29, 0.717) is 40.5 Å². The Bertz CT molecular complexity index is 1420. The zero-order valence-corrected chi connectivity index (χ0v) is 28.5. The van der Waals surface area contributed by atoms with Gasteiger partial charge < -0.3 is 29.4 Å². The number of carbonyl (C=O) groups is 2. The van der Waals surface area contributed by atoms with Crippen LogP contribution in [0, 0.1) is 0 Å². The van der Waals surface area contributed by atoms with Crippen LogP contribution in [-0.2, 0) is 11.2 Å². The fraction of sp³-hybridized carbons (Fsp3) is 0.297. The molecule has 0 radical (unpaired) electrons. The first-order valence-electron chi connectivity index (χ1n) is 15.1. The van der Waals surface area contributed by atoms with Crippen molar-refractivity contribution in [3.63, 3.8) is 0 Å². The number of ether oxygens (including phenoxy) is 3. The second-order valence-electron chi connectivity index (χ2n) is 10.6. The number of aryl methyl sites for hydroxylation is 1. The van der Waals surface area contributed by atoms with Gasteiger partial charge in [-0.05, 0) is 72.4 Å². The van der Waals surface area contributed by atoms with Gasteiger partial charge in [-0.3, -0.25) is 4.79 Å². The van der Waals surface area contributed by atoms with E-state index in [-0.39, 0.29) is 35.5 Å². The quantitative estimate of drug-likeness (QED) is 0.144. The molecule has 7 nitrogen and oxygen atoms in total. The molecule has 0 aliphatic heterocycles. The van der Waals surface area contributed by atoms with E-state index in [9.17, 15) is 14.7 Å². The summed E-state index contributed by atoms with van der Waals surface area (Å²) in [7, 11) is 3.17. The Morgan fingerprint density at radius 3 is 1.71 bits per heavy atom. The van der Waals surface area contributed by atoms with Crippen LogP contribution in [-0.4, -0.2) is 39.2 Å². The number of carboxylic acid groups (broad SMARTS) is 1. The summed E-state index contributed by atoms with van der Waals surface area (Å²) in [6.45, 7) is -0.0639. The summed E-state index contributed by atoms with van der Waals surface area (Å²) < 4.78 is 16.4. The second kappa shape index (κ2) is 18.9. The van der Waals surface area contributed by atoms with Crippen LogP contribution in [0.4, 0.5) is 0 Å². The molecule has 0 fully saturated rings. The molecule has 4 aromatic rings. The number of nitrogens with one attached hydrogen (secondary N) is 1. The maximum absolute atomic E-state index is 13.4. The molecule has 8 heteroatoms. The standard InChI is InChI=1S/C37H41NO6.Na/c1-42-31-19-15-28(16-20-31)33-24-30(25-34(36(33)44-26-35(39)40)29-17-21-32(43-2)22-18-29)37(41)38-23-11-6-4-3-5-8-12-27-13-9-7-10-14-27;/h7,9-10,13-22,24-25H,3-6,8,11-12,23,26H2,1-2H3,(H,38,41)(H,39,40);/q;+1/p-1. The Morgan fingerprint density at radius 1 is 0.689 bits per heavy atom. The molecule has 45 heavy (non-hydrogen) atoms. The molecule has 0 heterocycles. The average Bonchev–Trinajstić information content (AvgIpc) is 3.06. The third-order valence-corrected chi connectivity index (χ3v) is 7.51. The van der Waals surface area contributed by atoms with Gasteiger partial charge in [0.25, 0.3) is 5.91 Å². The van der Waals surface area contributed by atoms with E-state index in [1.54, 1.807) is 50.6 Å². The molecular weight excluding hydrogens is 577 g/mol. The van der Waals surface area contributed by atoms with Crippen LogP contribution in [0.15, 0.2) is 91.0 Å². The molecular formula is C37H40NNaO6. The number of methoxy groups -OCH3 is 2. The summed E-state index contributed by atoms with van der Waals surface area (Å²) in [5.41, 5.74) is 4.50. The van der Waals surface area contributed by atoms with Gasteiger partial charge in [-0.15, -0.1) is 0 Å². The normalized spacial score (nSPS) is 10.4. The Labute approximate surface area is 288 Å². The summed E-state index contributed by atoms with van der Waals surface area (Å²) in [6, 6.07) is 28.7. The Morgan fingerprint density at radius 2 is 1.20 bits per heavy atom. The average molecular weight is 618 g/mol. The molecule has 0 aromatic heterocycles. The number of carboxylic acids is 1. The van der Waals surface area contributed by atoms with E-state index in [0.717, 1.165) is 36.8 Å². The smallest absolute Gasteiger partial charge is 0.546 e. The number of carbonyl (C=O) groups excluding carboxylic acids is 2. The summed E-state index contributed by atoms with van der Waals surface area (Å²) in [5, 5.41) is 14.4. The first-order chi connectivity index (χ1) is 21.5. The van der Waals surface area contributed by atoms with Crippen molar-refractivity contribution >= 4 is 11.9 Å². The third kappa shape index (κ3) is 11.0. The molecule has 4 rings (SSSR count). The molecule has 0 bridgehead atoms. The number of unbranched alkanes of at least 4 members (excludes halogenated alkanes) is 5. The summed E-state index contributed by atoms with van der Waals surface area (Å²) in [5.74, 6) is 0.138. The number of amides is 1. The third-order valence-electron chi connectivity index (χ3n) is 7.51. The van der Waals surface area contributed by atoms with Crippen LogP contribution in [0.2, 0.25) is 0 Å². The van der Waals surface area contributed by atoms with Crippen molar-refractivity contribution in [3.05, 3.63) is 102 Å². The van der Waals surface area contributed by atoms with Crippen molar-refractivity contribution in [2.75, 3.05) is 27.4 Å². The van der Waals surface area contributed by atoms with Crippen molar-refractivity contribution in [1.82, 2.24) is 5.32 Å². The van der Waals surface area contributed by atoms with E-state index in [2.05, 4.69) is 29.6 Å².